The van der Waals surface area contributed by atoms with E-state index in [1.165, 1.54) is 6.92 Å². The molecule has 0 unspecified atom stereocenters. The summed E-state index contributed by atoms with van der Waals surface area (Å²) in [6.07, 6.45) is 0. The smallest absolute Gasteiger partial charge is 0.311 e. The predicted molar refractivity (Wildman–Crippen MR) is 45.8 cm³/mol. The fourth-order valence-corrected chi connectivity index (χ4v) is 1.01. The zero-order chi connectivity index (χ0) is 10.9. The van der Waals surface area contributed by atoms with Crippen molar-refractivity contribution in [2.24, 2.45) is 5.10 Å². The molecule has 1 aliphatic heterocycles. The highest BCUT2D eigenvalue weighted by Crippen LogP contribution is 2.15. The average Bonchev–Trinajstić information content (AvgIpc) is 2.28. The van der Waals surface area contributed by atoms with Gasteiger partial charge in [0.25, 0.3) is 0 Å². The number of hydrogen-bond donors (Lipinski definition) is 3. The molecule has 14 heavy (non-hydrogen) atoms. The third kappa shape index (κ3) is 1.59. The summed E-state index contributed by atoms with van der Waals surface area (Å²) in [5.41, 5.74) is 0. The van der Waals surface area contributed by atoms with Gasteiger partial charge in [0.2, 0.25) is 5.91 Å². The van der Waals surface area contributed by atoms with Crippen molar-refractivity contribution in [1.82, 2.24) is 10.3 Å². The van der Waals surface area contributed by atoms with E-state index < -0.39 is 23.4 Å². The minimum absolute atomic E-state index is 0.199. The van der Waals surface area contributed by atoms with Crippen LogP contribution in [0.2, 0.25) is 0 Å². The molecule has 1 aliphatic rings. The van der Waals surface area contributed by atoms with E-state index in [1.54, 1.807) is 6.92 Å². The Kier molecular flexibility index (Phi) is 2.54. The molecule has 0 spiro atoms. The first-order valence-corrected chi connectivity index (χ1v) is 4.03. The molecule has 0 aromatic heterocycles. The first kappa shape index (κ1) is 10.6. The summed E-state index contributed by atoms with van der Waals surface area (Å²) in [5.74, 6) is -4.68. The summed E-state index contributed by atoms with van der Waals surface area (Å²) >= 11 is 0. The van der Waals surface area contributed by atoms with Crippen molar-refractivity contribution in [2.45, 2.75) is 19.6 Å². The SMILES string of the molecule is CCN1N=C(NC(C)=O)C(O)(O)C1=O. The second-order valence-corrected chi connectivity index (χ2v) is 2.82. The van der Waals surface area contributed by atoms with E-state index in [-0.39, 0.29) is 6.54 Å². The van der Waals surface area contributed by atoms with Crippen molar-refractivity contribution < 1.29 is 19.8 Å². The number of hydrazone groups is 1. The summed E-state index contributed by atoms with van der Waals surface area (Å²) in [7, 11) is 0. The first-order chi connectivity index (χ1) is 6.39. The molecule has 0 fully saturated rings. The van der Waals surface area contributed by atoms with E-state index in [0.717, 1.165) is 5.01 Å². The van der Waals surface area contributed by atoms with Gasteiger partial charge in [0, 0.05) is 13.5 Å². The molecule has 0 radical (unpaired) electrons. The van der Waals surface area contributed by atoms with Crippen LogP contribution >= 0.6 is 0 Å². The maximum absolute atomic E-state index is 11.2. The second kappa shape index (κ2) is 3.35. The normalized spacial score (nSPS) is 19.6. The second-order valence-electron chi connectivity index (χ2n) is 2.82. The molecule has 0 saturated carbocycles. The summed E-state index contributed by atoms with van der Waals surface area (Å²) in [4.78, 5) is 21.9. The van der Waals surface area contributed by atoms with Crippen LogP contribution < -0.4 is 5.32 Å². The number of carbonyl (C=O) groups is 2. The van der Waals surface area contributed by atoms with Gasteiger partial charge < -0.3 is 15.5 Å². The number of nitrogens with one attached hydrogen (secondary N) is 1. The third-order valence-corrected chi connectivity index (χ3v) is 1.68. The van der Waals surface area contributed by atoms with Crippen molar-refractivity contribution in [3.63, 3.8) is 0 Å². The van der Waals surface area contributed by atoms with Gasteiger partial charge in [-0.3, -0.25) is 9.59 Å². The Morgan fingerprint density at radius 2 is 2.21 bits per heavy atom. The van der Waals surface area contributed by atoms with Crippen LogP contribution in [-0.2, 0) is 9.59 Å². The Labute approximate surface area is 80.0 Å². The zero-order valence-electron chi connectivity index (χ0n) is 7.81. The Bertz CT molecular complexity index is 310. The van der Waals surface area contributed by atoms with Gasteiger partial charge in [-0.1, -0.05) is 0 Å². The van der Waals surface area contributed by atoms with Crippen molar-refractivity contribution in [2.75, 3.05) is 6.54 Å². The molecule has 78 valence electrons. The molecule has 0 aromatic carbocycles. The molecule has 0 aromatic rings. The lowest BCUT2D eigenvalue weighted by atomic mass is 10.2. The summed E-state index contributed by atoms with van der Waals surface area (Å²) < 4.78 is 0. The van der Waals surface area contributed by atoms with E-state index in [4.69, 9.17) is 0 Å². The van der Waals surface area contributed by atoms with Gasteiger partial charge in [-0.2, -0.15) is 0 Å². The van der Waals surface area contributed by atoms with Gasteiger partial charge in [-0.15, -0.1) is 5.10 Å². The standard InChI is InChI=1S/C7H11N3O4/c1-3-10-6(12)7(13,14)5(9-10)8-4(2)11/h13-14H,3H2,1-2H3,(H,8,9,11). The third-order valence-electron chi connectivity index (χ3n) is 1.68. The molecule has 7 heteroatoms. The van der Waals surface area contributed by atoms with Crippen LogP contribution in [0, 0.1) is 0 Å². The van der Waals surface area contributed by atoms with Crippen molar-refractivity contribution in [3.05, 3.63) is 0 Å². The van der Waals surface area contributed by atoms with Crippen LogP contribution in [0.4, 0.5) is 0 Å². The van der Waals surface area contributed by atoms with Gasteiger partial charge in [0.1, 0.15) is 0 Å². The fraction of sp³-hybridized carbons (Fsp3) is 0.571. The lowest BCUT2D eigenvalue weighted by molar-refractivity contribution is -0.168. The van der Waals surface area contributed by atoms with Crippen LogP contribution in [0.25, 0.3) is 0 Å². The molecule has 0 aliphatic carbocycles. The van der Waals surface area contributed by atoms with Crippen LogP contribution in [0.3, 0.4) is 0 Å². The van der Waals surface area contributed by atoms with Gasteiger partial charge in [-0.25, -0.2) is 5.01 Å². The summed E-state index contributed by atoms with van der Waals surface area (Å²) in [6.45, 7) is 3.00. The van der Waals surface area contributed by atoms with Crippen LogP contribution in [0.15, 0.2) is 5.10 Å². The van der Waals surface area contributed by atoms with Crippen LogP contribution in [0.1, 0.15) is 13.8 Å². The molecule has 1 rings (SSSR count). The topological polar surface area (TPSA) is 102 Å². The Hall–Kier alpha value is -1.47. The summed E-state index contributed by atoms with van der Waals surface area (Å²) in [6, 6.07) is 0. The van der Waals surface area contributed by atoms with Gasteiger partial charge in [-0.05, 0) is 6.92 Å². The Balaban J connectivity index is 2.93. The minimum atomic E-state index is -2.72. The number of hydrogen-bond acceptors (Lipinski definition) is 5. The van der Waals surface area contributed by atoms with Crippen molar-refractivity contribution in [1.29, 1.82) is 0 Å². The number of aliphatic hydroxyl groups is 2. The lowest BCUT2D eigenvalue weighted by Crippen LogP contribution is -2.52. The quantitative estimate of drug-likeness (QED) is 0.426. The largest absolute Gasteiger partial charge is 0.352 e. The lowest BCUT2D eigenvalue weighted by Gasteiger charge is -2.15. The van der Waals surface area contributed by atoms with Crippen LogP contribution in [-0.4, -0.2) is 45.2 Å². The highest BCUT2D eigenvalue weighted by atomic mass is 16.5. The maximum atomic E-state index is 11.2. The molecular weight excluding hydrogens is 190 g/mol. The maximum Gasteiger partial charge on any atom is 0.311 e. The molecule has 1 heterocycles. The molecule has 0 bridgehead atoms. The number of carbonyl (C=O) groups excluding carboxylic acids is 2. The fourth-order valence-electron chi connectivity index (χ4n) is 1.01. The molecular formula is C7H11N3O4. The van der Waals surface area contributed by atoms with E-state index in [9.17, 15) is 19.8 Å². The highest BCUT2D eigenvalue weighted by molar-refractivity contribution is 6.16. The Morgan fingerprint density at radius 1 is 1.64 bits per heavy atom. The molecule has 0 saturated heterocycles. The predicted octanol–water partition coefficient (Wildman–Crippen LogP) is -2.02. The molecule has 2 amide bonds. The number of amidine groups is 1. The first-order valence-electron chi connectivity index (χ1n) is 4.03. The highest BCUT2D eigenvalue weighted by Gasteiger charge is 2.48. The minimum Gasteiger partial charge on any atom is -0.352 e. The number of likely N-dealkylation sites (N-methyl/N-ethyl adjacent to an activating group) is 1. The van der Waals surface area contributed by atoms with Gasteiger partial charge in [0.05, 0.1) is 0 Å². The Morgan fingerprint density at radius 3 is 2.57 bits per heavy atom. The summed E-state index contributed by atoms with van der Waals surface area (Å²) in [5, 5.41) is 25.1. The number of nitrogens with zero attached hydrogens (tertiary/aromatic N) is 2. The van der Waals surface area contributed by atoms with E-state index >= 15 is 0 Å². The van der Waals surface area contributed by atoms with E-state index in [0.29, 0.717) is 0 Å². The molecule has 7 nitrogen and oxygen atoms in total. The number of rotatable bonds is 1. The van der Waals surface area contributed by atoms with Crippen molar-refractivity contribution in [3.8, 4) is 0 Å². The molecule has 3 N–H and O–H groups in total. The zero-order valence-corrected chi connectivity index (χ0v) is 7.81. The average molecular weight is 201 g/mol. The molecule has 0 atom stereocenters. The van der Waals surface area contributed by atoms with Crippen molar-refractivity contribution >= 4 is 17.6 Å². The van der Waals surface area contributed by atoms with Gasteiger partial charge in [0.15, 0.2) is 5.84 Å². The van der Waals surface area contributed by atoms with Gasteiger partial charge >= 0.3 is 11.7 Å². The number of amides is 2. The van der Waals surface area contributed by atoms with E-state index in [2.05, 4.69) is 10.4 Å². The van der Waals surface area contributed by atoms with Crippen LogP contribution in [0.5, 0.6) is 0 Å². The monoisotopic (exact) mass is 201 g/mol. The van der Waals surface area contributed by atoms with E-state index in [1.807, 2.05) is 0 Å².